The molecule has 0 spiro atoms. The molecule has 8 heteroatoms. The molecule has 3 aliphatic heterocycles. The van der Waals surface area contributed by atoms with Crippen LogP contribution in [0.15, 0.2) is 58.8 Å². The third-order valence-corrected chi connectivity index (χ3v) is 7.73. The van der Waals surface area contributed by atoms with E-state index < -0.39 is 0 Å². The minimum atomic E-state index is 0.572. The molecule has 0 amide bonds. The third kappa shape index (κ3) is 4.98. The second-order valence-electron chi connectivity index (χ2n) is 9.09. The van der Waals surface area contributed by atoms with Gasteiger partial charge in [-0.05, 0) is 37.6 Å². The number of anilines is 1. The molecular formula is C25H32N7S+. The summed E-state index contributed by atoms with van der Waals surface area (Å²) in [6.07, 6.45) is 0. The smallest absolute Gasteiger partial charge is 0.249 e. The lowest BCUT2D eigenvalue weighted by Gasteiger charge is -2.51. The molecule has 0 radical (unpaired) electrons. The van der Waals surface area contributed by atoms with Gasteiger partial charge in [-0.1, -0.05) is 30.3 Å². The van der Waals surface area contributed by atoms with Gasteiger partial charge in [-0.15, -0.1) is 10.2 Å². The normalized spacial score (nSPS) is 22.2. The van der Waals surface area contributed by atoms with Crippen LogP contribution in [0.5, 0.6) is 0 Å². The largest absolute Gasteiger partial charge is 0.366 e. The van der Waals surface area contributed by atoms with E-state index in [-0.39, 0.29) is 0 Å². The maximum atomic E-state index is 4.50. The Labute approximate surface area is 200 Å². The van der Waals surface area contributed by atoms with Gasteiger partial charge < -0.3 is 9.38 Å². The van der Waals surface area contributed by atoms with Crippen molar-refractivity contribution in [2.75, 3.05) is 63.8 Å². The van der Waals surface area contributed by atoms with Crippen molar-refractivity contribution < 1.29 is 4.48 Å². The summed E-state index contributed by atoms with van der Waals surface area (Å²) >= 11 is 1.27. The number of nitrogens with zero attached hydrogens (tertiary/aromatic N) is 7. The molecule has 0 N–H and O–H groups in total. The second-order valence-corrected chi connectivity index (χ2v) is 9.83. The molecule has 4 heterocycles. The molecule has 33 heavy (non-hydrogen) atoms. The number of hydrogen-bond donors (Lipinski definition) is 0. The standard InChI is InChI=1S/C25H32N7S/c1-3-31(14-18-32-15-11-30(12-16-32)13-17-32)22-9-10-23(20(2)19-22)27-28-25-26-24(29-33-25)21-7-5-4-6-8-21/h4-10,19H,3,11-18H2,1-2H3/q+1/b28-27+. The number of piperazine rings is 3. The third-order valence-electron chi connectivity index (χ3n) is 7.13. The molecule has 3 aliphatic rings. The van der Waals surface area contributed by atoms with Crippen LogP contribution in [0, 0.1) is 6.92 Å². The fraction of sp³-hybridized carbons (Fsp3) is 0.440. The van der Waals surface area contributed by atoms with E-state index in [1.54, 1.807) is 0 Å². The molecule has 3 aromatic rings. The van der Waals surface area contributed by atoms with Gasteiger partial charge in [0.2, 0.25) is 5.13 Å². The van der Waals surface area contributed by atoms with Crippen LogP contribution >= 0.6 is 11.5 Å². The van der Waals surface area contributed by atoms with Crippen molar-refractivity contribution in [3.63, 3.8) is 0 Å². The first-order valence-corrected chi connectivity index (χ1v) is 12.7. The number of hydrogen-bond acceptors (Lipinski definition) is 7. The van der Waals surface area contributed by atoms with E-state index in [1.807, 2.05) is 30.3 Å². The molecule has 3 saturated heterocycles. The minimum Gasteiger partial charge on any atom is -0.366 e. The van der Waals surface area contributed by atoms with Gasteiger partial charge in [0.05, 0.1) is 38.4 Å². The topological polar surface area (TPSA) is 57.0 Å². The monoisotopic (exact) mass is 462 g/mol. The summed E-state index contributed by atoms with van der Waals surface area (Å²) in [5, 5.41) is 9.39. The van der Waals surface area contributed by atoms with Crippen molar-refractivity contribution in [1.82, 2.24) is 14.3 Å². The first kappa shape index (κ1) is 22.1. The summed E-state index contributed by atoms with van der Waals surface area (Å²) in [5.74, 6) is 0.696. The Morgan fingerprint density at radius 3 is 2.48 bits per heavy atom. The van der Waals surface area contributed by atoms with Gasteiger partial charge in [-0.25, -0.2) is 0 Å². The highest BCUT2D eigenvalue weighted by Gasteiger charge is 2.38. The molecule has 3 fully saturated rings. The van der Waals surface area contributed by atoms with Gasteiger partial charge in [-0.3, -0.25) is 4.90 Å². The van der Waals surface area contributed by atoms with Crippen LogP contribution in [0.4, 0.5) is 16.5 Å². The van der Waals surface area contributed by atoms with E-state index in [0.29, 0.717) is 11.0 Å². The number of aromatic nitrogens is 2. The Hall–Kier alpha value is -2.68. The minimum absolute atomic E-state index is 0.572. The Morgan fingerprint density at radius 2 is 1.79 bits per heavy atom. The zero-order valence-electron chi connectivity index (χ0n) is 19.5. The fourth-order valence-corrected chi connectivity index (χ4v) is 5.39. The molecule has 1 aromatic heterocycles. The fourth-order valence-electron chi connectivity index (χ4n) is 4.88. The zero-order chi connectivity index (χ0) is 22.7. The highest BCUT2D eigenvalue weighted by molar-refractivity contribution is 7.09. The molecule has 0 saturated carbocycles. The van der Waals surface area contributed by atoms with Gasteiger partial charge in [0.25, 0.3) is 0 Å². The number of benzene rings is 2. The van der Waals surface area contributed by atoms with E-state index in [1.165, 1.54) is 67.5 Å². The van der Waals surface area contributed by atoms with Crippen molar-refractivity contribution in [3.8, 4) is 11.4 Å². The van der Waals surface area contributed by atoms with E-state index in [9.17, 15) is 0 Å². The molecule has 0 aliphatic carbocycles. The van der Waals surface area contributed by atoms with Crippen LogP contribution in [-0.4, -0.2) is 77.6 Å². The van der Waals surface area contributed by atoms with Gasteiger partial charge >= 0.3 is 0 Å². The van der Waals surface area contributed by atoms with Crippen LogP contribution in [0.2, 0.25) is 0 Å². The van der Waals surface area contributed by atoms with Gasteiger partial charge in [0, 0.05) is 49.0 Å². The highest BCUT2D eigenvalue weighted by Crippen LogP contribution is 2.29. The lowest BCUT2D eigenvalue weighted by atomic mass is 10.1. The van der Waals surface area contributed by atoms with Crippen LogP contribution in [0.25, 0.3) is 11.4 Å². The van der Waals surface area contributed by atoms with Crippen molar-refractivity contribution in [1.29, 1.82) is 0 Å². The number of likely N-dealkylation sites (N-methyl/N-ethyl adjacent to an activating group) is 1. The lowest BCUT2D eigenvalue weighted by Crippen LogP contribution is -2.68. The van der Waals surface area contributed by atoms with E-state index in [4.69, 9.17) is 0 Å². The Kier molecular flexibility index (Phi) is 6.48. The molecule has 0 atom stereocenters. The van der Waals surface area contributed by atoms with Gasteiger partial charge in [0.15, 0.2) is 5.82 Å². The lowest BCUT2D eigenvalue weighted by molar-refractivity contribution is -0.939. The van der Waals surface area contributed by atoms with Gasteiger partial charge in [-0.2, -0.15) is 9.36 Å². The zero-order valence-corrected chi connectivity index (χ0v) is 20.3. The molecular weight excluding hydrogens is 430 g/mol. The first-order chi connectivity index (χ1) is 16.1. The predicted octanol–water partition coefficient (Wildman–Crippen LogP) is 4.90. The van der Waals surface area contributed by atoms with Crippen LogP contribution in [0.3, 0.4) is 0 Å². The second kappa shape index (κ2) is 9.67. The van der Waals surface area contributed by atoms with Crippen molar-refractivity contribution >= 4 is 28.0 Å². The Morgan fingerprint density at radius 1 is 1.03 bits per heavy atom. The summed E-state index contributed by atoms with van der Waals surface area (Å²) < 4.78 is 5.71. The summed E-state index contributed by atoms with van der Waals surface area (Å²) in [6.45, 7) is 15.5. The van der Waals surface area contributed by atoms with E-state index >= 15 is 0 Å². The predicted molar refractivity (Wildman–Crippen MR) is 135 cm³/mol. The van der Waals surface area contributed by atoms with E-state index in [0.717, 1.165) is 29.9 Å². The molecule has 7 nitrogen and oxygen atoms in total. The quantitative estimate of drug-likeness (QED) is 0.353. The molecule has 2 aromatic carbocycles. The molecule has 172 valence electrons. The molecule has 6 rings (SSSR count). The number of quaternary nitrogens is 1. The number of aryl methyl sites for hydroxylation is 1. The summed E-state index contributed by atoms with van der Waals surface area (Å²) in [5.41, 5.74) is 4.26. The Balaban J connectivity index is 1.24. The molecule has 2 bridgehead atoms. The first-order valence-electron chi connectivity index (χ1n) is 11.9. The van der Waals surface area contributed by atoms with E-state index in [2.05, 4.69) is 61.4 Å². The molecule has 0 unspecified atom stereocenters. The van der Waals surface area contributed by atoms with Crippen molar-refractivity contribution in [3.05, 3.63) is 54.1 Å². The van der Waals surface area contributed by atoms with Crippen molar-refractivity contribution in [2.45, 2.75) is 13.8 Å². The van der Waals surface area contributed by atoms with Crippen LogP contribution in [0.1, 0.15) is 12.5 Å². The summed E-state index contributed by atoms with van der Waals surface area (Å²) in [4.78, 5) is 9.61. The average molecular weight is 463 g/mol. The maximum Gasteiger partial charge on any atom is 0.249 e. The number of rotatable bonds is 8. The summed E-state index contributed by atoms with van der Waals surface area (Å²) in [6, 6.07) is 16.4. The average Bonchev–Trinajstić information content (AvgIpc) is 3.35. The van der Waals surface area contributed by atoms with Gasteiger partial charge in [0.1, 0.15) is 0 Å². The van der Waals surface area contributed by atoms with Crippen molar-refractivity contribution in [2.24, 2.45) is 10.2 Å². The van der Waals surface area contributed by atoms with Crippen LogP contribution < -0.4 is 4.90 Å². The SMILES string of the molecule is CCN(CC[N+]12CCN(CC1)CC2)c1ccc(/N=N/c2nc(-c3ccccc3)ns2)c(C)c1. The number of azo groups is 1. The number of fused-ring (bicyclic) bond motifs is 3. The summed E-state index contributed by atoms with van der Waals surface area (Å²) in [7, 11) is 0. The highest BCUT2D eigenvalue weighted by atomic mass is 32.1. The Bertz CT molecular complexity index is 1090. The maximum absolute atomic E-state index is 4.50. The van der Waals surface area contributed by atoms with Crippen LogP contribution in [-0.2, 0) is 0 Å².